The van der Waals surface area contributed by atoms with Crippen LogP contribution >= 0.6 is 0 Å². The highest BCUT2D eigenvalue weighted by Gasteiger charge is 2.26. The summed E-state index contributed by atoms with van der Waals surface area (Å²) in [6, 6.07) is 11.2. The predicted octanol–water partition coefficient (Wildman–Crippen LogP) is 2.33. The number of amides is 1. The first kappa shape index (κ1) is 28.0. The summed E-state index contributed by atoms with van der Waals surface area (Å²) in [6.07, 6.45) is 4.38. The standard InChI is InChI=1S/C25H33N3O8S2/c1-37(30,31)28(20-7-12-23-24(18-20)36-19-35-23)16-5-6-25(29)26-13-17-34-21-8-10-22(11-9-21)38(32,33)27-14-3-2-4-15-27/h7-12,18H,2-6,13-17,19H2,1H3,(H,26,29). The molecule has 4 rings (SSSR count). The summed E-state index contributed by atoms with van der Waals surface area (Å²) < 4.78 is 69.1. The molecule has 0 saturated carbocycles. The van der Waals surface area contributed by atoms with Gasteiger partial charge in [0.2, 0.25) is 32.7 Å². The van der Waals surface area contributed by atoms with Crippen LogP contribution in [0.25, 0.3) is 0 Å². The van der Waals surface area contributed by atoms with Gasteiger partial charge in [0.1, 0.15) is 12.4 Å². The first-order valence-electron chi connectivity index (χ1n) is 12.5. The summed E-state index contributed by atoms with van der Waals surface area (Å²) >= 11 is 0. The molecule has 2 heterocycles. The van der Waals surface area contributed by atoms with Gasteiger partial charge in [-0.25, -0.2) is 16.8 Å². The van der Waals surface area contributed by atoms with Gasteiger partial charge in [0.05, 0.1) is 23.4 Å². The van der Waals surface area contributed by atoms with Crippen molar-refractivity contribution >= 4 is 31.6 Å². The minimum atomic E-state index is -3.56. The van der Waals surface area contributed by atoms with Gasteiger partial charge in [0.25, 0.3) is 0 Å². The Balaban J connectivity index is 1.19. The number of piperidine rings is 1. The van der Waals surface area contributed by atoms with Crippen molar-refractivity contribution in [2.24, 2.45) is 0 Å². The van der Waals surface area contributed by atoms with E-state index in [1.807, 2.05) is 0 Å². The lowest BCUT2D eigenvalue weighted by Gasteiger charge is -2.25. The number of nitrogens with zero attached hydrogens (tertiary/aromatic N) is 2. The molecule has 0 aromatic heterocycles. The van der Waals surface area contributed by atoms with Gasteiger partial charge in [-0.3, -0.25) is 9.10 Å². The highest BCUT2D eigenvalue weighted by atomic mass is 32.2. The van der Waals surface area contributed by atoms with E-state index in [-0.39, 0.29) is 43.7 Å². The van der Waals surface area contributed by atoms with E-state index >= 15 is 0 Å². The number of nitrogens with one attached hydrogen (secondary N) is 1. The normalized spacial score (nSPS) is 15.7. The summed E-state index contributed by atoms with van der Waals surface area (Å²) in [5.74, 6) is 1.31. The van der Waals surface area contributed by atoms with Gasteiger partial charge < -0.3 is 19.5 Å². The number of carbonyl (C=O) groups is 1. The van der Waals surface area contributed by atoms with Crippen molar-refractivity contribution in [3.63, 3.8) is 0 Å². The van der Waals surface area contributed by atoms with Crippen LogP contribution in [0.3, 0.4) is 0 Å². The van der Waals surface area contributed by atoms with Crippen LogP contribution in [0.2, 0.25) is 0 Å². The van der Waals surface area contributed by atoms with Gasteiger partial charge in [-0.15, -0.1) is 0 Å². The Morgan fingerprint density at radius 2 is 1.71 bits per heavy atom. The Morgan fingerprint density at radius 3 is 2.42 bits per heavy atom. The Hall–Kier alpha value is -3.03. The molecule has 0 atom stereocenters. The molecule has 2 aliphatic rings. The van der Waals surface area contributed by atoms with Crippen molar-refractivity contribution < 1.29 is 35.8 Å². The van der Waals surface area contributed by atoms with E-state index in [9.17, 15) is 21.6 Å². The lowest BCUT2D eigenvalue weighted by atomic mass is 10.2. The van der Waals surface area contributed by atoms with Crippen LogP contribution in [-0.4, -0.2) is 72.9 Å². The average molecular weight is 568 g/mol. The number of carbonyl (C=O) groups excluding carboxylic acids is 1. The van der Waals surface area contributed by atoms with E-state index in [4.69, 9.17) is 14.2 Å². The molecule has 1 N–H and O–H groups in total. The molecule has 2 aromatic carbocycles. The van der Waals surface area contributed by atoms with Crippen LogP contribution in [-0.2, 0) is 24.8 Å². The smallest absolute Gasteiger partial charge is 0.243 e. The molecule has 11 nitrogen and oxygen atoms in total. The average Bonchev–Trinajstić information content (AvgIpc) is 3.37. The van der Waals surface area contributed by atoms with Gasteiger partial charge >= 0.3 is 0 Å². The fourth-order valence-corrected chi connectivity index (χ4v) is 6.79. The maximum atomic E-state index is 12.7. The molecule has 0 radical (unpaired) electrons. The van der Waals surface area contributed by atoms with Crippen LogP contribution in [0, 0.1) is 0 Å². The van der Waals surface area contributed by atoms with Crippen LogP contribution < -0.4 is 23.8 Å². The van der Waals surface area contributed by atoms with E-state index in [1.54, 1.807) is 30.3 Å². The number of ether oxygens (including phenoxy) is 3. The molecule has 0 bridgehead atoms. The molecule has 1 fully saturated rings. The summed E-state index contributed by atoms with van der Waals surface area (Å²) in [7, 11) is -7.05. The molecule has 2 aromatic rings. The molecule has 0 unspecified atom stereocenters. The molecule has 1 saturated heterocycles. The summed E-state index contributed by atoms with van der Waals surface area (Å²) in [5.41, 5.74) is 0.445. The van der Waals surface area contributed by atoms with Crippen molar-refractivity contribution in [1.82, 2.24) is 9.62 Å². The molecule has 2 aliphatic heterocycles. The molecule has 1 amide bonds. The monoisotopic (exact) mass is 567 g/mol. The highest BCUT2D eigenvalue weighted by Crippen LogP contribution is 2.36. The largest absolute Gasteiger partial charge is 0.492 e. The molecular formula is C25H33N3O8S2. The fourth-order valence-electron chi connectivity index (χ4n) is 4.32. The number of anilines is 1. The van der Waals surface area contributed by atoms with E-state index in [1.165, 1.54) is 20.7 Å². The number of sulfonamides is 2. The molecule has 208 valence electrons. The molecule has 0 spiro atoms. The summed E-state index contributed by atoms with van der Waals surface area (Å²) in [5, 5.41) is 2.75. The van der Waals surface area contributed by atoms with Gasteiger partial charge in [-0.05, 0) is 55.7 Å². The first-order valence-corrected chi connectivity index (χ1v) is 15.8. The number of hydrogen-bond acceptors (Lipinski definition) is 8. The van der Waals surface area contributed by atoms with Crippen LogP contribution in [0.4, 0.5) is 5.69 Å². The van der Waals surface area contributed by atoms with E-state index in [2.05, 4.69) is 5.32 Å². The fraction of sp³-hybridized carbons (Fsp3) is 0.480. The number of hydrogen-bond donors (Lipinski definition) is 1. The third-order valence-corrected chi connectivity index (χ3v) is 9.39. The second-order valence-corrected chi connectivity index (χ2v) is 13.0. The quantitative estimate of drug-likeness (QED) is 0.387. The maximum Gasteiger partial charge on any atom is 0.243 e. The number of benzene rings is 2. The Bertz CT molecular complexity index is 1320. The predicted molar refractivity (Wildman–Crippen MR) is 142 cm³/mol. The minimum Gasteiger partial charge on any atom is -0.492 e. The van der Waals surface area contributed by atoms with E-state index in [0.29, 0.717) is 42.4 Å². The lowest BCUT2D eigenvalue weighted by Crippen LogP contribution is -2.35. The van der Waals surface area contributed by atoms with Gasteiger partial charge in [0.15, 0.2) is 11.5 Å². The minimum absolute atomic E-state index is 0.0908. The van der Waals surface area contributed by atoms with Crippen LogP contribution in [0.5, 0.6) is 17.2 Å². The van der Waals surface area contributed by atoms with Crippen molar-refractivity contribution in [3.8, 4) is 17.2 Å². The third-order valence-electron chi connectivity index (χ3n) is 6.28. The Labute approximate surface area is 223 Å². The Morgan fingerprint density at radius 1 is 1.00 bits per heavy atom. The second-order valence-electron chi connectivity index (χ2n) is 9.11. The first-order chi connectivity index (χ1) is 18.1. The molecular weight excluding hydrogens is 534 g/mol. The van der Waals surface area contributed by atoms with Gasteiger partial charge in [0, 0.05) is 32.1 Å². The SMILES string of the molecule is CS(=O)(=O)N(CCCC(=O)NCCOc1ccc(S(=O)(=O)N2CCCCC2)cc1)c1ccc2c(c1)OCO2. The zero-order valence-corrected chi connectivity index (χ0v) is 22.9. The van der Waals surface area contributed by atoms with Crippen molar-refractivity contribution in [2.75, 3.05) is 50.1 Å². The van der Waals surface area contributed by atoms with E-state index in [0.717, 1.165) is 25.5 Å². The number of rotatable bonds is 12. The van der Waals surface area contributed by atoms with Gasteiger partial charge in [-0.2, -0.15) is 4.31 Å². The van der Waals surface area contributed by atoms with Crippen molar-refractivity contribution in [3.05, 3.63) is 42.5 Å². The zero-order chi connectivity index (χ0) is 27.2. The van der Waals surface area contributed by atoms with Gasteiger partial charge in [-0.1, -0.05) is 6.42 Å². The van der Waals surface area contributed by atoms with Crippen LogP contribution in [0.1, 0.15) is 32.1 Å². The second kappa shape index (κ2) is 12.2. The van der Waals surface area contributed by atoms with Crippen LogP contribution in [0.15, 0.2) is 47.4 Å². The third kappa shape index (κ3) is 7.08. The molecule has 38 heavy (non-hydrogen) atoms. The highest BCUT2D eigenvalue weighted by molar-refractivity contribution is 7.92. The van der Waals surface area contributed by atoms with E-state index < -0.39 is 20.0 Å². The van der Waals surface area contributed by atoms with Crippen molar-refractivity contribution in [1.29, 1.82) is 0 Å². The maximum absolute atomic E-state index is 12.7. The van der Waals surface area contributed by atoms with Crippen molar-refractivity contribution in [2.45, 2.75) is 37.0 Å². The zero-order valence-electron chi connectivity index (χ0n) is 21.3. The topological polar surface area (TPSA) is 132 Å². The number of fused-ring (bicyclic) bond motifs is 1. The summed E-state index contributed by atoms with van der Waals surface area (Å²) in [6.45, 7) is 1.78. The lowest BCUT2D eigenvalue weighted by molar-refractivity contribution is -0.121. The Kier molecular flexibility index (Phi) is 9.00. The summed E-state index contributed by atoms with van der Waals surface area (Å²) in [4.78, 5) is 12.5. The molecule has 13 heteroatoms. The molecule has 0 aliphatic carbocycles.